The third-order valence-electron chi connectivity index (χ3n) is 1.66. The van der Waals surface area contributed by atoms with Crippen LogP contribution in [0.2, 0.25) is 0 Å². The second-order valence-electron chi connectivity index (χ2n) is 2.27. The summed E-state index contributed by atoms with van der Waals surface area (Å²) in [7, 11) is 0. The predicted molar refractivity (Wildman–Crippen MR) is 30.4 cm³/mol. The van der Waals surface area contributed by atoms with E-state index in [1.165, 1.54) is 0 Å². The quantitative estimate of drug-likeness (QED) is 0.514. The minimum absolute atomic E-state index is 0.0244. The van der Waals surface area contributed by atoms with E-state index in [-0.39, 0.29) is 18.9 Å². The lowest BCUT2D eigenvalue weighted by atomic mass is 10.1. The van der Waals surface area contributed by atoms with E-state index in [2.05, 4.69) is 0 Å². The molecule has 1 rings (SSSR count). The zero-order chi connectivity index (χ0) is 6.85. The molecule has 2 N–H and O–H groups in total. The maximum absolute atomic E-state index is 9.08. The van der Waals surface area contributed by atoms with E-state index in [9.17, 15) is 0 Å². The van der Waals surface area contributed by atoms with Crippen molar-refractivity contribution in [1.29, 1.82) is 0 Å². The van der Waals surface area contributed by atoms with Crippen LogP contribution < -0.4 is 0 Å². The first-order chi connectivity index (χ1) is 4.24. The number of aliphatic hydroxyl groups is 2. The van der Waals surface area contributed by atoms with Crippen molar-refractivity contribution in [1.82, 2.24) is 0 Å². The Bertz CT molecular complexity index is 97.1. The van der Waals surface area contributed by atoms with Gasteiger partial charge in [-0.3, -0.25) is 0 Å². The van der Waals surface area contributed by atoms with Gasteiger partial charge in [0.15, 0.2) is 0 Å². The van der Waals surface area contributed by atoms with E-state index in [0.717, 1.165) is 0 Å². The zero-order valence-corrected chi connectivity index (χ0v) is 4.75. The first-order valence-electron chi connectivity index (χ1n) is 3.53. The monoisotopic (exact) mass is 118 g/mol. The van der Waals surface area contributed by atoms with Crippen molar-refractivity contribution in [2.45, 2.75) is 25.3 Å². The Balaban J connectivity index is 2.38. The molecule has 0 unspecified atom stereocenters. The molecule has 0 aromatic carbocycles. The van der Waals surface area contributed by atoms with Crippen LogP contribution in [0.5, 0.6) is 0 Å². The molecule has 1 saturated carbocycles. The average molecular weight is 118 g/mol. The van der Waals surface area contributed by atoms with Gasteiger partial charge in [-0.2, -0.15) is 0 Å². The first-order valence-corrected chi connectivity index (χ1v) is 2.95. The van der Waals surface area contributed by atoms with Gasteiger partial charge in [0.05, 0.1) is 6.10 Å². The van der Waals surface area contributed by atoms with Gasteiger partial charge in [-0.15, -0.1) is 0 Å². The van der Waals surface area contributed by atoms with E-state index < -0.39 is 6.10 Å². The molecular weight excluding hydrogens is 104 g/mol. The molecule has 0 heterocycles. The lowest BCUT2D eigenvalue weighted by Gasteiger charge is -2.08. The van der Waals surface area contributed by atoms with Crippen molar-refractivity contribution in [3.05, 3.63) is 0 Å². The molecule has 0 bridgehead atoms. The highest BCUT2D eigenvalue weighted by Gasteiger charge is 2.23. The SMILES string of the molecule is [3H][C@@H]1C[C@H](CO)[C@@H](O)C1. The topological polar surface area (TPSA) is 40.5 Å². The molecule has 1 aliphatic rings. The van der Waals surface area contributed by atoms with Crippen molar-refractivity contribution in [3.8, 4) is 0 Å². The van der Waals surface area contributed by atoms with Crippen LogP contribution in [0.4, 0.5) is 0 Å². The summed E-state index contributed by atoms with van der Waals surface area (Å²) in [6.07, 6.45) is 0.595. The van der Waals surface area contributed by atoms with E-state index in [1.54, 1.807) is 0 Å². The van der Waals surface area contributed by atoms with Gasteiger partial charge in [0.25, 0.3) is 0 Å². The van der Waals surface area contributed by atoms with Gasteiger partial charge in [0.2, 0.25) is 0 Å². The fraction of sp³-hybridized carbons (Fsp3) is 1.00. The smallest absolute Gasteiger partial charge is 0.0590 e. The summed E-state index contributed by atoms with van der Waals surface area (Å²) in [6, 6.07) is 0. The fourth-order valence-corrected chi connectivity index (χ4v) is 1.03. The largest absolute Gasteiger partial charge is 0.396 e. The van der Waals surface area contributed by atoms with E-state index in [4.69, 9.17) is 11.6 Å². The molecule has 0 amide bonds. The Hall–Kier alpha value is -0.0800. The molecule has 2 nitrogen and oxygen atoms in total. The molecule has 48 valence electrons. The lowest BCUT2D eigenvalue weighted by Crippen LogP contribution is -2.16. The summed E-state index contributed by atoms with van der Waals surface area (Å²) in [5.41, 5.74) is 0. The highest BCUT2D eigenvalue weighted by Crippen LogP contribution is 2.24. The summed E-state index contributed by atoms with van der Waals surface area (Å²) in [5, 5.41) is 17.7. The Morgan fingerprint density at radius 1 is 1.62 bits per heavy atom. The molecule has 0 aromatic heterocycles. The first kappa shape index (κ1) is 4.77. The van der Waals surface area contributed by atoms with Crippen LogP contribution in [-0.4, -0.2) is 22.9 Å². The maximum atomic E-state index is 9.08. The van der Waals surface area contributed by atoms with Crippen LogP contribution in [0.1, 0.15) is 20.6 Å². The molecule has 3 atom stereocenters. The molecule has 8 heavy (non-hydrogen) atoms. The lowest BCUT2D eigenvalue weighted by molar-refractivity contribution is 0.0909. The van der Waals surface area contributed by atoms with E-state index in [1.807, 2.05) is 0 Å². The summed E-state index contributed by atoms with van der Waals surface area (Å²) >= 11 is 0. The van der Waals surface area contributed by atoms with Crippen molar-refractivity contribution in [3.63, 3.8) is 0 Å². The number of rotatable bonds is 1. The highest BCUT2D eigenvalue weighted by atomic mass is 16.3. The van der Waals surface area contributed by atoms with Gasteiger partial charge >= 0.3 is 0 Å². The van der Waals surface area contributed by atoms with Crippen LogP contribution in [0, 0.1) is 5.92 Å². The molecule has 1 aliphatic carbocycles. The van der Waals surface area contributed by atoms with Crippen molar-refractivity contribution >= 4 is 0 Å². The van der Waals surface area contributed by atoms with Gasteiger partial charge in [0.1, 0.15) is 0 Å². The highest BCUT2D eigenvalue weighted by molar-refractivity contribution is 4.74. The fourth-order valence-electron chi connectivity index (χ4n) is 1.03. The zero-order valence-electron chi connectivity index (χ0n) is 5.75. The third kappa shape index (κ3) is 1.01. The van der Waals surface area contributed by atoms with Crippen LogP contribution in [0.25, 0.3) is 0 Å². The molecular formula is C6H12O2. The third-order valence-corrected chi connectivity index (χ3v) is 1.66. The van der Waals surface area contributed by atoms with Crippen molar-refractivity contribution < 1.29 is 11.6 Å². The van der Waals surface area contributed by atoms with Crippen molar-refractivity contribution in [2.75, 3.05) is 6.61 Å². The average Bonchev–Trinajstić information content (AvgIpc) is 2.10. The van der Waals surface area contributed by atoms with Gasteiger partial charge in [0, 0.05) is 13.9 Å². The van der Waals surface area contributed by atoms with Crippen LogP contribution >= 0.6 is 0 Å². The second-order valence-corrected chi connectivity index (χ2v) is 2.27. The molecule has 0 saturated heterocycles. The van der Waals surface area contributed by atoms with Gasteiger partial charge < -0.3 is 10.2 Å². The van der Waals surface area contributed by atoms with E-state index >= 15 is 0 Å². The summed E-state index contributed by atoms with van der Waals surface area (Å²) < 4.78 is 7.22. The Kier molecular flexibility index (Phi) is 1.47. The minimum atomic E-state index is -0.433. The number of hydrogen-bond acceptors (Lipinski definition) is 2. The molecule has 0 spiro atoms. The summed E-state index contributed by atoms with van der Waals surface area (Å²) in [6.45, 7) is 0.0244. The van der Waals surface area contributed by atoms with Crippen LogP contribution in [-0.2, 0) is 0 Å². The normalized spacial score (nSPS) is 49.2. The standard InChI is InChI=1S/C6H12O2/c7-4-5-2-1-3-6(5)8/h5-8H,1-4H2/t5-,6+/m1/s1/i1T/t1-,5-,6+. The molecule has 2 heteroatoms. The van der Waals surface area contributed by atoms with E-state index in [0.29, 0.717) is 12.8 Å². The Labute approximate surface area is 50.6 Å². The second kappa shape index (κ2) is 2.46. The predicted octanol–water partition coefficient (Wildman–Crippen LogP) is 0.140. The Morgan fingerprint density at radius 3 is 2.62 bits per heavy atom. The van der Waals surface area contributed by atoms with Gasteiger partial charge in [-0.1, -0.05) is 6.40 Å². The molecule has 0 aromatic rings. The van der Waals surface area contributed by atoms with Crippen molar-refractivity contribution in [2.24, 2.45) is 5.92 Å². The summed E-state index contributed by atoms with van der Waals surface area (Å²) in [5.74, 6) is -0.0347. The Morgan fingerprint density at radius 2 is 2.38 bits per heavy atom. The van der Waals surface area contributed by atoms with Gasteiger partial charge in [-0.25, -0.2) is 0 Å². The van der Waals surface area contributed by atoms with Gasteiger partial charge in [-0.05, 0) is 12.8 Å². The molecule has 0 aliphatic heterocycles. The number of hydrogen-bond donors (Lipinski definition) is 2. The summed E-state index contributed by atoms with van der Waals surface area (Å²) in [4.78, 5) is 0. The van der Waals surface area contributed by atoms with Crippen LogP contribution in [0.3, 0.4) is 0 Å². The molecule has 1 fully saturated rings. The van der Waals surface area contributed by atoms with Crippen LogP contribution in [0.15, 0.2) is 0 Å². The molecule has 0 radical (unpaired) electrons. The number of aliphatic hydroxyl groups excluding tert-OH is 2. The maximum Gasteiger partial charge on any atom is 0.0590 e. The minimum Gasteiger partial charge on any atom is -0.396 e.